The first-order valence-electron chi connectivity index (χ1n) is 10.8. The molecule has 2 atom stereocenters. The zero-order valence-corrected chi connectivity index (χ0v) is 19.4. The highest BCUT2D eigenvalue weighted by Gasteiger charge is 2.32. The molecule has 0 aliphatic heterocycles. The van der Waals surface area contributed by atoms with Crippen molar-refractivity contribution in [3.05, 3.63) is 52.8 Å². The van der Waals surface area contributed by atoms with E-state index < -0.39 is 0 Å². The van der Waals surface area contributed by atoms with E-state index in [1.807, 2.05) is 23.4 Å². The van der Waals surface area contributed by atoms with Crippen LogP contribution in [0.1, 0.15) is 53.5 Å². The number of rotatable bonds is 7. The van der Waals surface area contributed by atoms with Crippen LogP contribution in [0.25, 0.3) is 11.6 Å². The molecule has 1 amide bonds. The molecule has 2 heterocycles. The van der Waals surface area contributed by atoms with E-state index in [0.717, 1.165) is 37.1 Å². The Labute approximate surface area is 192 Å². The second-order valence-electron chi connectivity index (χ2n) is 8.25. The normalized spacial score (nSPS) is 18.6. The second-order valence-corrected chi connectivity index (χ2v) is 8.69. The molecule has 1 saturated carbocycles. The first-order chi connectivity index (χ1) is 15.5. The molecule has 9 heteroatoms. The van der Waals surface area contributed by atoms with Crippen molar-refractivity contribution in [3.8, 4) is 11.6 Å². The highest BCUT2D eigenvalue weighted by molar-refractivity contribution is 6.30. The van der Waals surface area contributed by atoms with Crippen LogP contribution in [0.3, 0.4) is 0 Å². The molecule has 0 N–H and O–H groups in total. The average Bonchev–Trinajstić information content (AvgIpc) is 3.43. The molecule has 1 fully saturated rings. The number of imidazole rings is 1. The summed E-state index contributed by atoms with van der Waals surface area (Å²) in [5.74, 6) is 1.17. The summed E-state index contributed by atoms with van der Waals surface area (Å²) < 4.78 is 13.3. The smallest absolute Gasteiger partial charge is 0.266 e. The van der Waals surface area contributed by atoms with Crippen LogP contribution >= 0.6 is 11.6 Å². The zero-order valence-electron chi connectivity index (χ0n) is 18.6. The van der Waals surface area contributed by atoms with Gasteiger partial charge < -0.3 is 18.6 Å². The van der Waals surface area contributed by atoms with Gasteiger partial charge in [0.1, 0.15) is 5.69 Å². The Hall–Kier alpha value is -2.71. The molecule has 2 aromatic heterocycles. The highest BCUT2D eigenvalue weighted by atomic mass is 35.5. The fourth-order valence-electron chi connectivity index (χ4n) is 4.35. The van der Waals surface area contributed by atoms with Gasteiger partial charge in [0.05, 0.1) is 18.6 Å². The maximum absolute atomic E-state index is 13.0. The zero-order chi connectivity index (χ0) is 22.7. The maximum Gasteiger partial charge on any atom is 0.266 e. The lowest BCUT2D eigenvalue weighted by atomic mass is 9.85. The summed E-state index contributed by atoms with van der Waals surface area (Å²) in [5, 5.41) is 9.23. The molecule has 0 saturated heterocycles. The van der Waals surface area contributed by atoms with Gasteiger partial charge in [-0.25, -0.2) is 4.98 Å². The van der Waals surface area contributed by atoms with E-state index >= 15 is 0 Å². The van der Waals surface area contributed by atoms with Crippen molar-refractivity contribution in [1.29, 1.82) is 0 Å². The second kappa shape index (κ2) is 9.83. The molecule has 1 aliphatic carbocycles. The summed E-state index contributed by atoms with van der Waals surface area (Å²) in [6.07, 6.45) is 5.44. The molecule has 0 unspecified atom stereocenters. The van der Waals surface area contributed by atoms with E-state index in [0.29, 0.717) is 35.5 Å². The van der Waals surface area contributed by atoms with E-state index in [9.17, 15) is 4.79 Å². The maximum atomic E-state index is 13.0. The number of amides is 1. The number of aryl methyl sites for hydroxylation is 1. The molecule has 32 heavy (non-hydrogen) atoms. The average molecular weight is 458 g/mol. The molecule has 8 nitrogen and oxygen atoms in total. The van der Waals surface area contributed by atoms with Gasteiger partial charge in [-0.05, 0) is 44.4 Å². The fourth-order valence-corrected chi connectivity index (χ4v) is 4.54. The molecular weight excluding hydrogens is 430 g/mol. The van der Waals surface area contributed by atoms with Crippen LogP contribution in [0.15, 0.2) is 35.0 Å². The highest BCUT2D eigenvalue weighted by Crippen LogP contribution is 2.36. The van der Waals surface area contributed by atoms with Crippen molar-refractivity contribution >= 4 is 17.5 Å². The summed E-state index contributed by atoms with van der Waals surface area (Å²) in [5.41, 5.74) is 2.26. The number of hydrogen-bond acceptors (Lipinski definition) is 6. The minimum absolute atomic E-state index is 0.0259. The quantitative estimate of drug-likeness (QED) is 0.524. The van der Waals surface area contributed by atoms with E-state index in [1.165, 1.54) is 0 Å². The largest absolute Gasteiger partial charge is 0.419 e. The number of hydrogen-bond donors (Lipinski definition) is 0. The van der Waals surface area contributed by atoms with Gasteiger partial charge in [-0.1, -0.05) is 24.1 Å². The van der Waals surface area contributed by atoms with Gasteiger partial charge >= 0.3 is 0 Å². The molecular formula is C23H28ClN5O3. The Morgan fingerprint density at radius 3 is 2.97 bits per heavy atom. The van der Waals surface area contributed by atoms with Crippen molar-refractivity contribution in [2.75, 3.05) is 20.8 Å². The number of carbonyl (C=O) groups is 1. The van der Waals surface area contributed by atoms with Crippen LogP contribution in [0.5, 0.6) is 0 Å². The van der Waals surface area contributed by atoms with Crippen molar-refractivity contribution in [3.63, 3.8) is 0 Å². The van der Waals surface area contributed by atoms with E-state index in [2.05, 4.69) is 15.2 Å². The predicted octanol–water partition coefficient (Wildman–Crippen LogP) is 4.34. The van der Waals surface area contributed by atoms with Gasteiger partial charge in [-0.2, -0.15) is 0 Å². The Morgan fingerprint density at radius 2 is 2.19 bits per heavy atom. The lowest BCUT2D eigenvalue weighted by Gasteiger charge is -2.34. The van der Waals surface area contributed by atoms with Gasteiger partial charge in [0.25, 0.3) is 11.8 Å². The number of methoxy groups -OCH3 is 1. The van der Waals surface area contributed by atoms with Crippen LogP contribution in [0.2, 0.25) is 5.02 Å². The van der Waals surface area contributed by atoms with Crippen LogP contribution in [0, 0.1) is 6.92 Å². The van der Waals surface area contributed by atoms with Gasteiger partial charge in [0.15, 0.2) is 0 Å². The first-order valence-corrected chi connectivity index (χ1v) is 11.2. The van der Waals surface area contributed by atoms with Crippen LogP contribution in [-0.2, 0) is 11.3 Å². The Bertz CT molecular complexity index is 1080. The molecule has 3 aromatic rings. The molecule has 0 spiro atoms. The van der Waals surface area contributed by atoms with Gasteiger partial charge in [-0.3, -0.25) is 4.79 Å². The van der Waals surface area contributed by atoms with Gasteiger partial charge in [0, 0.05) is 43.2 Å². The summed E-state index contributed by atoms with van der Waals surface area (Å²) >= 11 is 6.07. The molecule has 4 rings (SSSR count). The standard InChI is InChI=1S/C23H28ClN5O3/c1-15-20(29(14-25-15)10-11-31-3)22-27-26-21(32-22)16-6-5-9-19(13-16)28(2)23(30)17-7-4-8-18(24)12-17/h4,7-8,12,14,16,19H,5-6,9-11,13H2,1-3H3/t16-,19+/m0/s1. The Morgan fingerprint density at radius 1 is 1.34 bits per heavy atom. The number of halogens is 1. The van der Waals surface area contributed by atoms with Crippen molar-refractivity contribution < 1.29 is 13.9 Å². The van der Waals surface area contributed by atoms with Crippen LogP contribution < -0.4 is 0 Å². The third-order valence-electron chi connectivity index (χ3n) is 6.14. The number of benzene rings is 1. The third kappa shape index (κ3) is 4.71. The molecule has 170 valence electrons. The number of aromatic nitrogens is 4. The Kier molecular flexibility index (Phi) is 6.91. The Balaban J connectivity index is 1.48. The van der Waals surface area contributed by atoms with Crippen molar-refractivity contribution in [1.82, 2.24) is 24.6 Å². The summed E-state index contributed by atoms with van der Waals surface area (Å²) in [7, 11) is 3.52. The van der Waals surface area contributed by atoms with Gasteiger partial charge in [0.2, 0.25) is 5.89 Å². The minimum Gasteiger partial charge on any atom is -0.419 e. The van der Waals surface area contributed by atoms with Crippen LogP contribution in [-0.4, -0.2) is 57.4 Å². The number of nitrogens with zero attached hydrogens (tertiary/aromatic N) is 5. The van der Waals surface area contributed by atoms with E-state index in [-0.39, 0.29) is 17.9 Å². The molecule has 0 bridgehead atoms. The minimum atomic E-state index is -0.0259. The lowest BCUT2D eigenvalue weighted by molar-refractivity contribution is 0.0680. The molecule has 1 aliphatic rings. The topological polar surface area (TPSA) is 86.3 Å². The third-order valence-corrected chi connectivity index (χ3v) is 6.37. The molecule has 1 aromatic carbocycles. The molecule has 0 radical (unpaired) electrons. The number of carbonyl (C=O) groups excluding carboxylic acids is 1. The van der Waals surface area contributed by atoms with Crippen LogP contribution in [0.4, 0.5) is 0 Å². The first kappa shape index (κ1) is 22.5. The SMILES string of the molecule is COCCn1cnc(C)c1-c1nnc([C@H]2CCC[C@@H](N(C)C(=O)c3cccc(Cl)c3)C2)o1. The monoisotopic (exact) mass is 457 g/mol. The summed E-state index contributed by atoms with van der Waals surface area (Å²) in [4.78, 5) is 19.2. The fraction of sp³-hybridized carbons (Fsp3) is 0.478. The van der Waals surface area contributed by atoms with Crippen molar-refractivity contribution in [2.24, 2.45) is 0 Å². The van der Waals surface area contributed by atoms with E-state index in [1.54, 1.807) is 37.7 Å². The van der Waals surface area contributed by atoms with E-state index in [4.69, 9.17) is 20.8 Å². The lowest BCUT2D eigenvalue weighted by Crippen LogP contribution is -2.39. The summed E-state index contributed by atoms with van der Waals surface area (Å²) in [6, 6.07) is 7.17. The van der Waals surface area contributed by atoms with Crippen molar-refractivity contribution in [2.45, 2.75) is 51.1 Å². The number of ether oxygens (including phenoxy) is 1. The van der Waals surface area contributed by atoms with Gasteiger partial charge in [-0.15, -0.1) is 10.2 Å². The predicted molar refractivity (Wildman–Crippen MR) is 121 cm³/mol. The summed E-state index contributed by atoms with van der Waals surface area (Å²) in [6.45, 7) is 3.16.